The molecule has 0 aromatic heterocycles. The Morgan fingerprint density at radius 2 is 1.75 bits per heavy atom. The average Bonchev–Trinajstić information content (AvgIpc) is 2.49. The van der Waals surface area contributed by atoms with Crippen LogP contribution >= 0.6 is 15.6 Å². The van der Waals surface area contributed by atoms with Crippen molar-refractivity contribution >= 4 is 15.6 Å². The van der Waals surface area contributed by atoms with Crippen LogP contribution in [0.5, 0.6) is 0 Å². The van der Waals surface area contributed by atoms with Gasteiger partial charge in [0.05, 0.1) is 6.61 Å². The van der Waals surface area contributed by atoms with Gasteiger partial charge in [-0.1, -0.05) is 0 Å². The average molecular weight is 340 g/mol. The zero-order valence-corrected chi connectivity index (χ0v) is 11.5. The quantitative estimate of drug-likeness (QED) is 0.242. The number of hydrogen-bond donors (Lipinski definition) is 7. The van der Waals surface area contributed by atoms with Gasteiger partial charge in [-0.05, 0) is 0 Å². The van der Waals surface area contributed by atoms with Crippen LogP contribution in [0.1, 0.15) is 0 Å². The molecule has 0 radical (unpaired) electrons. The van der Waals surface area contributed by atoms with Crippen molar-refractivity contribution in [2.45, 2.75) is 24.1 Å². The molecule has 14 heteroatoms. The van der Waals surface area contributed by atoms with Crippen molar-refractivity contribution in [3.05, 3.63) is 0 Å². The maximum Gasteiger partial charge on any atom is 0.481 e. The lowest BCUT2D eigenvalue weighted by Gasteiger charge is -2.26. The van der Waals surface area contributed by atoms with Crippen LogP contribution in [-0.2, 0) is 22.7 Å². The van der Waals surface area contributed by atoms with Crippen LogP contribution in [0.2, 0.25) is 0 Å². The van der Waals surface area contributed by atoms with E-state index in [1.165, 1.54) is 0 Å². The summed E-state index contributed by atoms with van der Waals surface area (Å²) in [4.78, 5) is 25.6. The van der Waals surface area contributed by atoms with Gasteiger partial charge in [0.1, 0.15) is 24.9 Å². The van der Waals surface area contributed by atoms with Crippen LogP contribution in [0.4, 0.5) is 0 Å². The first kappa shape index (κ1) is 18.1. The van der Waals surface area contributed by atoms with Crippen LogP contribution in [0, 0.1) is 0 Å². The Balaban J connectivity index is 2.69. The Labute approximate surface area is 112 Å². The van der Waals surface area contributed by atoms with Crippen LogP contribution in [0.3, 0.4) is 0 Å². The molecule has 0 aliphatic carbocycles. The summed E-state index contributed by atoms with van der Waals surface area (Å²) < 4.78 is 33.7. The first-order valence-electron chi connectivity index (χ1n) is 5.01. The molecule has 1 fully saturated rings. The lowest BCUT2D eigenvalue weighted by atomic mass is 10.1. The Kier molecular flexibility index (Phi) is 5.48. The molecule has 7 N–H and O–H groups in total. The molecule has 1 heterocycles. The van der Waals surface area contributed by atoms with E-state index in [0.29, 0.717) is 0 Å². The fourth-order valence-electron chi connectivity index (χ4n) is 1.47. The van der Waals surface area contributed by atoms with Crippen LogP contribution < -0.4 is 0 Å². The Morgan fingerprint density at radius 1 is 1.20 bits per heavy atom. The molecule has 1 unspecified atom stereocenters. The molecule has 12 nitrogen and oxygen atoms in total. The van der Waals surface area contributed by atoms with E-state index >= 15 is 0 Å². The molecule has 20 heavy (non-hydrogen) atoms. The SMILES string of the molecule is O=P(O)(O)OP(=O)(O)OC[C@@]1(O)O[C@H](CO)[C@@H](O)[C@@H]1O. The van der Waals surface area contributed by atoms with Crippen molar-refractivity contribution in [3.63, 3.8) is 0 Å². The summed E-state index contributed by atoms with van der Waals surface area (Å²) in [5.74, 6) is -2.66. The molecule has 0 bridgehead atoms. The molecule has 0 aromatic rings. The van der Waals surface area contributed by atoms with Gasteiger partial charge in [-0.2, -0.15) is 4.31 Å². The Hall–Kier alpha value is 0.0600. The van der Waals surface area contributed by atoms with Gasteiger partial charge in [0.2, 0.25) is 5.79 Å². The number of phosphoric acid groups is 2. The topological polar surface area (TPSA) is 203 Å². The van der Waals surface area contributed by atoms with Gasteiger partial charge in [0.15, 0.2) is 0 Å². The first-order chi connectivity index (χ1) is 8.90. The predicted molar refractivity (Wildman–Crippen MR) is 57.8 cm³/mol. The van der Waals surface area contributed by atoms with Crippen LogP contribution in [0.15, 0.2) is 0 Å². The van der Waals surface area contributed by atoms with E-state index in [-0.39, 0.29) is 0 Å². The molecule has 1 aliphatic heterocycles. The largest absolute Gasteiger partial charge is 0.481 e. The van der Waals surface area contributed by atoms with Crippen LogP contribution in [0.25, 0.3) is 0 Å². The minimum absolute atomic E-state index is 0.768. The predicted octanol–water partition coefficient (Wildman–Crippen LogP) is -2.99. The number of phosphoric ester groups is 1. The standard InChI is InChI=1S/C6H14O12P2/c7-1-3-4(8)5(9)6(10,17-3)2-16-20(14,15)18-19(11,12)13/h3-5,7-10H,1-2H2,(H,14,15)(H2,11,12,13)/t3-,4-,5+,6-/m1/s1. The summed E-state index contributed by atoms with van der Waals surface area (Å²) in [6.07, 6.45) is -5.07. The lowest BCUT2D eigenvalue weighted by Crippen LogP contribution is -2.46. The Bertz CT molecular complexity index is 434. The van der Waals surface area contributed by atoms with E-state index < -0.39 is 53.0 Å². The third kappa shape index (κ3) is 4.53. The third-order valence-corrected chi connectivity index (χ3v) is 4.48. The monoisotopic (exact) mass is 340 g/mol. The van der Waals surface area contributed by atoms with Gasteiger partial charge in [0, 0.05) is 0 Å². The number of hydrogen-bond acceptors (Lipinski definition) is 9. The van der Waals surface area contributed by atoms with Gasteiger partial charge < -0.3 is 39.8 Å². The number of ether oxygens (including phenoxy) is 1. The van der Waals surface area contributed by atoms with E-state index in [2.05, 4.69) is 13.6 Å². The number of rotatable bonds is 6. The summed E-state index contributed by atoms with van der Waals surface area (Å²) in [5.41, 5.74) is 0. The van der Waals surface area contributed by atoms with E-state index in [4.69, 9.17) is 19.8 Å². The van der Waals surface area contributed by atoms with E-state index in [0.717, 1.165) is 0 Å². The molecule has 1 rings (SSSR count). The minimum atomic E-state index is -5.33. The zero-order chi connectivity index (χ0) is 15.8. The highest BCUT2D eigenvalue weighted by Gasteiger charge is 2.54. The van der Waals surface area contributed by atoms with E-state index in [1.807, 2.05) is 0 Å². The molecule has 0 amide bonds. The highest BCUT2D eigenvalue weighted by Crippen LogP contribution is 2.58. The second-order valence-corrected chi connectivity index (χ2v) is 6.76. The Morgan fingerprint density at radius 3 is 2.15 bits per heavy atom. The highest BCUT2D eigenvalue weighted by molar-refractivity contribution is 7.60. The molecule has 1 aliphatic rings. The van der Waals surface area contributed by atoms with E-state index in [1.54, 1.807) is 0 Å². The molecule has 1 saturated heterocycles. The summed E-state index contributed by atoms with van der Waals surface area (Å²) in [6, 6.07) is 0. The fourth-order valence-corrected chi connectivity index (χ4v) is 3.08. The summed E-state index contributed by atoms with van der Waals surface area (Å²) in [6.45, 7) is -2.02. The van der Waals surface area contributed by atoms with Gasteiger partial charge in [-0.25, -0.2) is 9.13 Å². The maximum atomic E-state index is 11.1. The summed E-state index contributed by atoms with van der Waals surface area (Å²) in [7, 11) is -10.6. The van der Waals surface area contributed by atoms with Gasteiger partial charge in [0.25, 0.3) is 0 Å². The van der Waals surface area contributed by atoms with Crippen molar-refractivity contribution in [3.8, 4) is 0 Å². The lowest BCUT2D eigenvalue weighted by molar-refractivity contribution is -0.245. The summed E-state index contributed by atoms with van der Waals surface area (Å²) >= 11 is 0. The number of aliphatic hydroxyl groups excluding tert-OH is 3. The van der Waals surface area contributed by atoms with Gasteiger partial charge in [-0.15, -0.1) is 0 Å². The molecule has 0 aromatic carbocycles. The number of aliphatic hydroxyl groups is 4. The maximum absolute atomic E-state index is 11.1. The van der Waals surface area contributed by atoms with Crippen molar-refractivity contribution in [2.24, 2.45) is 0 Å². The van der Waals surface area contributed by atoms with Crippen molar-refractivity contribution in [1.29, 1.82) is 0 Å². The van der Waals surface area contributed by atoms with Crippen LogP contribution in [-0.4, -0.2) is 72.4 Å². The van der Waals surface area contributed by atoms with Crippen molar-refractivity contribution in [2.75, 3.05) is 13.2 Å². The normalized spacial score (nSPS) is 37.9. The third-order valence-electron chi connectivity index (χ3n) is 2.35. The van der Waals surface area contributed by atoms with Crippen molar-refractivity contribution < 1.29 is 57.8 Å². The zero-order valence-electron chi connectivity index (χ0n) is 9.71. The summed E-state index contributed by atoms with van der Waals surface area (Å²) in [5, 5.41) is 37.4. The second kappa shape index (κ2) is 6.05. The first-order valence-corrected chi connectivity index (χ1v) is 8.04. The molecule has 0 spiro atoms. The van der Waals surface area contributed by atoms with Gasteiger partial charge >= 0.3 is 15.6 Å². The van der Waals surface area contributed by atoms with E-state index in [9.17, 15) is 24.4 Å². The van der Waals surface area contributed by atoms with Gasteiger partial charge in [-0.3, -0.25) is 4.52 Å². The molecular formula is C6H14O12P2. The molecular weight excluding hydrogens is 326 g/mol. The highest BCUT2D eigenvalue weighted by atomic mass is 31.3. The minimum Gasteiger partial charge on any atom is -0.394 e. The molecule has 0 saturated carbocycles. The smallest absolute Gasteiger partial charge is 0.394 e. The molecule has 120 valence electrons. The second-order valence-electron chi connectivity index (χ2n) is 3.93. The molecule has 5 atom stereocenters. The van der Waals surface area contributed by atoms with Crippen molar-refractivity contribution in [1.82, 2.24) is 0 Å². The fraction of sp³-hybridized carbons (Fsp3) is 1.00.